The summed E-state index contributed by atoms with van der Waals surface area (Å²) in [7, 11) is 0. The van der Waals surface area contributed by atoms with Crippen molar-refractivity contribution in [1.82, 2.24) is 5.32 Å². The van der Waals surface area contributed by atoms with Crippen LogP contribution in [0.2, 0.25) is 0 Å². The van der Waals surface area contributed by atoms with Crippen LogP contribution in [0.3, 0.4) is 0 Å². The number of carbonyl (C=O) groups is 1. The normalized spacial score (nSPS) is 13.8. The number of rotatable bonds is 5. The van der Waals surface area contributed by atoms with Gasteiger partial charge in [0.25, 0.3) is 0 Å². The summed E-state index contributed by atoms with van der Waals surface area (Å²) < 4.78 is 0. The first-order valence-corrected chi connectivity index (χ1v) is 8.08. The van der Waals surface area contributed by atoms with Gasteiger partial charge in [0.1, 0.15) is 0 Å². The predicted molar refractivity (Wildman–Crippen MR) is 95.5 cm³/mol. The average Bonchev–Trinajstić information content (AvgIpc) is 2.99. The molecule has 3 rings (SSSR count). The van der Waals surface area contributed by atoms with Crippen LogP contribution < -0.4 is 10.2 Å². The molecule has 0 spiro atoms. The summed E-state index contributed by atoms with van der Waals surface area (Å²) in [5.41, 5.74) is 4.77. The standard InChI is InChI=1S/C20H22N2O/c1-16(17-7-3-2-4-8-17)15-20(23)21-12-14-22-13-11-18-9-5-6-10-19(18)22/h2-10,15H,11-14H2,1H3,(H,21,23)/b16-15+. The molecule has 0 saturated heterocycles. The lowest BCUT2D eigenvalue weighted by Gasteiger charge is -2.19. The van der Waals surface area contributed by atoms with Crippen molar-refractivity contribution in [3.63, 3.8) is 0 Å². The average molecular weight is 306 g/mol. The molecular weight excluding hydrogens is 284 g/mol. The molecule has 23 heavy (non-hydrogen) atoms. The van der Waals surface area contributed by atoms with Crippen molar-refractivity contribution in [2.24, 2.45) is 0 Å². The molecule has 1 N–H and O–H groups in total. The third-order valence-corrected chi connectivity index (χ3v) is 4.24. The molecule has 2 aromatic carbocycles. The van der Waals surface area contributed by atoms with Gasteiger partial charge in [-0.15, -0.1) is 0 Å². The largest absolute Gasteiger partial charge is 0.369 e. The second kappa shape index (κ2) is 7.14. The fraction of sp³-hybridized carbons (Fsp3) is 0.250. The van der Waals surface area contributed by atoms with Crippen LogP contribution in [0.25, 0.3) is 5.57 Å². The quantitative estimate of drug-likeness (QED) is 0.860. The Bertz CT molecular complexity index is 707. The van der Waals surface area contributed by atoms with Crippen LogP contribution in [0.15, 0.2) is 60.7 Å². The van der Waals surface area contributed by atoms with Crippen LogP contribution in [0.5, 0.6) is 0 Å². The van der Waals surface area contributed by atoms with Crippen LogP contribution >= 0.6 is 0 Å². The second-order valence-electron chi connectivity index (χ2n) is 5.85. The number of allylic oxidation sites excluding steroid dienone is 1. The number of nitrogens with one attached hydrogen (secondary N) is 1. The molecule has 0 unspecified atom stereocenters. The number of nitrogens with zero attached hydrogens (tertiary/aromatic N) is 1. The zero-order valence-electron chi connectivity index (χ0n) is 13.5. The van der Waals surface area contributed by atoms with E-state index in [9.17, 15) is 4.79 Å². The number of amides is 1. The van der Waals surface area contributed by atoms with E-state index >= 15 is 0 Å². The monoisotopic (exact) mass is 306 g/mol. The summed E-state index contributed by atoms with van der Waals surface area (Å²) in [4.78, 5) is 14.4. The molecule has 1 aliphatic heterocycles. The number of benzene rings is 2. The summed E-state index contributed by atoms with van der Waals surface area (Å²) in [6.45, 7) is 4.51. The summed E-state index contributed by atoms with van der Waals surface area (Å²) in [6, 6.07) is 18.5. The second-order valence-corrected chi connectivity index (χ2v) is 5.85. The van der Waals surface area contributed by atoms with Gasteiger partial charge in [0.15, 0.2) is 0 Å². The van der Waals surface area contributed by atoms with Crippen molar-refractivity contribution in [2.45, 2.75) is 13.3 Å². The van der Waals surface area contributed by atoms with E-state index < -0.39 is 0 Å². The fourth-order valence-electron chi connectivity index (χ4n) is 2.98. The number of carbonyl (C=O) groups excluding carboxylic acids is 1. The van der Waals surface area contributed by atoms with E-state index in [4.69, 9.17) is 0 Å². The summed E-state index contributed by atoms with van der Waals surface area (Å²) in [6.07, 6.45) is 2.77. The first-order chi connectivity index (χ1) is 11.2. The van der Waals surface area contributed by atoms with Crippen LogP contribution in [0.1, 0.15) is 18.1 Å². The minimum Gasteiger partial charge on any atom is -0.369 e. The SMILES string of the molecule is C/C(=C\C(=O)NCCN1CCc2ccccc21)c1ccccc1. The molecule has 1 aliphatic rings. The highest BCUT2D eigenvalue weighted by atomic mass is 16.1. The molecule has 0 fully saturated rings. The van der Waals surface area contributed by atoms with E-state index in [1.54, 1.807) is 6.08 Å². The molecule has 3 heteroatoms. The van der Waals surface area contributed by atoms with Crippen LogP contribution in [-0.4, -0.2) is 25.5 Å². The molecule has 0 aromatic heterocycles. The lowest BCUT2D eigenvalue weighted by Crippen LogP contribution is -2.33. The van der Waals surface area contributed by atoms with Gasteiger partial charge in [-0.25, -0.2) is 0 Å². The van der Waals surface area contributed by atoms with Gasteiger partial charge in [0, 0.05) is 31.4 Å². The van der Waals surface area contributed by atoms with Gasteiger partial charge < -0.3 is 10.2 Å². The van der Waals surface area contributed by atoms with Gasteiger partial charge in [-0.05, 0) is 36.1 Å². The molecule has 0 saturated carbocycles. The molecule has 0 aliphatic carbocycles. The van der Waals surface area contributed by atoms with Gasteiger partial charge in [-0.3, -0.25) is 4.79 Å². The van der Waals surface area contributed by atoms with Crippen LogP contribution in [0.4, 0.5) is 5.69 Å². The van der Waals surface area contributed by atoms with Crippen molar-refractivity contribution in [3.05, 3.63) is 71.8 Å². The molecule has 2 aromatic rings. The Labute approximate surface area is 137 Å². The molecular formula is C20H22N2O. The molecule has 0 atom stereocenters. The molecule has 118 valence electrons. The highest BCUT2D eigenvalue weighted by Gasteiger charge is 2.17. The molecule has 1 heterocycles. The summed E-state index contributed by atoms with van der Waals surface area (Å²) in [5.74, 6) is -0.0289. The van der Waals surface area contributed by atoms with Gasteiger partial charge >= 0.3 is 0 Å². The zero-order valence-corrected chi connectivity index (χ0v) is 13.5. The Hall–Kier alpha value is -2.55. The van der Waals surface area contributed by atoms with E-state index in [0.717, 1.165) is 30.6 Å². The lowest BCUT2D eigenvalue weighted by atomic mass is 10.1. The van der Waals surface area contributed by atoms with Crippen molar-refractivity contribution >= 4 is 17.2 Å². The van der Waals surface area contributed by atoms with Gasteiger partial charge in [0.2, 0.25) is 5.91 Å². The summed E-state index contributed by atoms with van der Waals surface area (Å²) in [5, 5.41) is 2.98. The predicted octanol–water partition coefficient (Wildman–Crippen LogP) is 3.27. The highest BCUT2D eigenvalue weighted by molar-refractivity contribution is 5.94. The first kappa shape index (κ1) is 15.3. The zero-order chi connectivity index (χ0) is 16.1. The van der Waals surface area contributed by atoms with E-state index in [-0.39, 0.29) is 5.91 Å². The number of para-hydroxylation sites is 1. The molecule has 0 radical (unpaired) electrons. The van der Waals surface area contributed by atoms with Crippen molar-refractivity contribution in [3.8, 4) is 0 Å². The minimum absolute atomic E-state index is 0.0289. The maximum absolute atomic E-state index is 12.0. The topological polar surface area (TPSA) is 32.3 Å². The van der Waals surface area contributed by atoms with Gasteiger partial charge in [-0.1, -0.05) is 48.5 Å². The number of fused-ring (bicyclic) bond motifs is 1. The molecule has 1 amide bonds. The van der Waals surface area contributed by atoms with E-state index in [0.29, 0.717) is 6.54 Å². The Morgan fingerprint density at radius 2 is 1.87 bits per heavy atom. The van der Waals surface area contributed by atoms with Crippen LogP contribution in [-0.2, 0) is 11.2 Å². The lowest BCUT2D eigenvalue weighted by molar-refractivity contribution is -0.116. The highest BCUT2D eigenvalue weighted by Crippen LogP contribution is 2.26. The van der Waals surface area contributed by atoms with E-state index in [1.807, 2.05) is 37.3 Å². The van der Waals surface area contributed by atoms with Crippen molar-refractivity contribution in [1.29, 1.82) is 0 Å². The maximum Gasteiger partial charge on any atom is 0.244 e. The Morgan fingerprint density at radius 3 is 2.70 bits per heavy atom. The Morgan fingerprint density at radius 1 is 1.13 bits per heavy atom. The third-order valence-electron chi connectivity index (χ3n) is 4.24. The van der Waals surface area contributed by atoms with E-state index in [2.05, 4.69) is 34.5 Å². The van der Waals surface area contributed by atoms with Crippen molar-refractivity contribution < 1.29 is 4.79 Å². The van der Waals surface area contributed by atoms with Crippen molar-refractivity contribution in [2.75, 3.05) is 24.5 Å². The van der Waals surface area contributed by atoms with Gasteiger partial charge in [0.05, 0.1) is 0 Å². The Kier molecular flexibility index (Phi) is 4.77. The maximum atomic E-state index is 12.0. The first-order valence-electron chi connectivity index (χ1n) is 8.08. The molecule has 3 nitrogen and oxygen atoms in total. The number of hydrogen-bond donors (Lipinski definition) is 1. The number of hydrogen-bond acceptors (Lipinski definition) is 2. The minimum atomic E-state index is -0.0289. The third kappa shape index (κ3) is 3.81. The Balaban J connectivity index is 1.51. The van der Waals surface area contributed by atoms with E-state index in [1.165, 1.54) is 11.3 Å². The fourth-order valence-corrected chi connectivity index (χ4v) is 2.98. The summed E-state index contributed by atoms with van der Waals surface area (Å²) >= 11 is 0. The van der Waals surface area contributed by atoms with Crippen LogP contribution in [0, 0.1) is 0 Å². The smallest absolute Gasteiger partial charge is 0.244 e. The molecule has 0 bridgehead atoms. The number of anilines is 1. The van der Waals surface area contributed by atoms with Gasteiger partial charge in [-0.2, -0.15) is 0 Å².